The third-order valence-electron chi connectivity index (χ3n) is 4.97. The van der Waals surface area contributed by atoms with Crippen LogP contribution in [0.25, 0.3) is 0 Å². The van der Waals surface area contributed by atoms with Gasteiger partial charge in [0, 0.05) is 6.04 Å². The zero-order valence-electron chi connectivity index (χ0n) is 10.8. The Bertz CT molecular complexity index is 306. The monoisotopic (exact) mass is 224 g/mol. The van der Waals surface area contributed by atoms with Gasteiger partial charge >= 0.3 is 0 Å². The molecule has 2 bridgehead atoms. The van der Waals surface area contributed by atoms with Gasteiger partial charge in [-0.05, 0) is 42.9 Å². The maximum Gasteiger partial charge on any atom is 0.236 e. The van der Waals surface area contributed by atoms with Gasteiger partial charge in [-0.3, -0.25) is 4.79 Å². The molecule has 0 aromatic heterocycles. The zero-order chi connectivity index (χ0) is 12.1. The highest BCUT2D eigenvalue weighted by Gasteiger charge is 2.59. The predicted molar refractivity (Wildman–Crippen MR) is 64.8 cm³/mol. The highest BCUT2D eigenvalue weighted by molar-refractivity contribution is 5.81. The molecule has 0 spiro atoms. The van der Waals surface area contributed by atoms with Crippen molar-refractivity contribution < 1.29 is 4.79 Å². The van der Waals surface area contributed by atoms with E-state index in [0.717, 1.165) is 5.92 Å². The van der Waals surface area contributed by atoms with Crippen molar-refractivity contribution >= 4 is 5.91 Å². The molecule has 92 valence electrons. The van der Waals surface area contributed by atoms with Crippen LogP contribution in [-0.2, 0) is 4.79 Å². The highest BCUT2D eigenvalue weighted by Crippen LogP contribution is 2.62. The molecular formula is C13H24N2O. The van der Waals surface area contributed by atoms with Crippen LogP contribution in [0.4, 0.5) is 0 Å². The molecule has 16 heavy (non-hydrogen) atoms. The Labute approximate surface area is 98.2 Å². The molecule has 2 fully saturated rings. The molecule has 0 aliphatic heterocycles. The highest BCUT2D eigenvalue weighted by atomic mass is 16.2. The van der Waals surface area contributed by atoms with Gasteiger partial charge in [0.05, 0.1) is 6.04 Å². The standard InChI is InChI=1S/C13H24N2O/c1-8(14)10(16)15-11-12(2,3)9-5-6-13(11,4)7-9/h8-9,11H,5-7,14H2,1-4H3,(H,15,16)/t8-,9?,11?,13?/m1/s1. The fourth-order valence-electron chi connectivity index (χ4n) is 3.94. The van der Waals surface area contributed by atoms with E-state index < -0.39 is 6.04 Å². The van der Waals surface area contributed by atoms with Crippen molar-refractivity contribution in [2.45, 2.75) is 59.0 Å². The summed E-state index contributed by atoms with van der Waals surface area (Å²) in [5.74, 6) is 0.753. The second kappa shape index (κ2) is 3.46. The van der Waals surface area contributed by atoms with Crippen molar-refractivity contribution in [3.63, 3.8) is 0 Å². The molecule has 4 atom stereocenters. The van der Waals surface area contributed by atoms with Crippen molar-refractivity contribution in [3.8, 4) is 0 Å². The average molecular weight is 224 g/mol. The Morgan fingerprint density at radius 1 is 1.44 bits per heavy atom. The van der Waals surface area contributed by atoms with Gasteiger partial charge in [-0.25, -0.2) is 0 Å². The Hall–Kier alpha value is -0.570. The first-order chi connectivity index (χ1) is 7.27. The van der Waals surface area contributed by atoms with Gasteiger partial charge in [-0.2, -0.15) is 0 Å². The summed E-state index contributed by atoms with van der Waals surface area (Å²) in [5, 5.41) is 3.18. The minimum atomic E-state index is -0.404. The molecule has 0 heterocycles. The molecule has 2 saturated carbocycles. The largest absolute Gasteiger partial charge is 0.351 e. The van der Waals surface area contributed by atoms with Crippen LogP contribution in [0.1, 0.15) is 47.0 Å². The fraction of sp³-hybridized carbons (Fsp3) is 0.923. The molecule has 2 aliphatic rings. The number of nitrogens with one attached hydrogen (secondary N) is 1. The zero-order valence-corrected chi connectivity index (χ0v) is 10.8. The molecule has 2 aliphatic carbocycles. The average Bonchev–Trinajstić information content (AvgIpc) is 2.63. The molecule has 3 N–H and O–H groups in total. The number of carbonyl (C=O) groups excluding carboxylic acids is 1. The van der Waals surface area contributed by atoms with Gasteiger partial charge in [0.2, 0.25) is 5.91 Å². The first kappa shape index (κ1) is 11.9. The Balaban J connectivity index is 2.17. The number of fused-ring (bicyclic) bond motifs is 2. The Kier molecular flexibility index (Phi) is 2.57. The minimum Gasteiger partial charge on any atom is -0.351 e. The Morgan fingerprint density at radius 3 is 2.50 bits per heavy atom. The number of hydrogen-bond acceptors (Lipinski definition) is 2. The molecular weight excluding hydrogens is 200 g/mol. The molecule has 3 heteroatoms. The number of nitrogens with two attached hydrogens (primary N) is 1. The maximum atomic E-state index is 11.8. The van der Waals surface area contributed by atoms with E-state index in [0.29, 0.717) is 5.41 Å². The predicted octanol–water partition coefficient (Wildman–Crippen LogP) is 1.66. The smallest absolute Gasteiger partial charge is 0.236 e. The molecule has 0 aromatic carbocycles. The summed E-state index contributed by atoms with van der Waals surface area (Å²) >= 11 is 0. The lowest BCUT2D eigenvalue weighted by Crippen LogP contribution is -2.55. The summed E-state index contributed by atoms with van der Waals surface area (Å²) in [6, 6.07) is -0.115. The van der Waals surface area contributed by atoms with Crippen LogP contribution in [0.5, 0.6) is 0 Å². The van der Waals surface area contributed by atoms with E-state index in [-0.39, 0.29) is 17.4 Å². The van der Waals surface area contributed by atoms with E-state index in [1.165, 1.54) is 19.3 Å². The van der Waals surface area contributed by atoms with Crippen molar-refractivity contribution in [1.82, 2.24) is 5.32 Å². The van der Waals surface area contributed by atoms with Crippen LogP contribution >= 0.6 is 0 Å². The second-order valence-corrected chi connectivity index (χ2v) is 6.65. The van der Waals surface area contributed by atoms with Crippen molar-refractivity contribution in [2.75, 3.05) is 0 Å². The quantitative estimate of drug-likeness (QED) is 0.749. The van der Waals surface area contributed by atoms with Crippen LogP contribution in [0.2, 0.25) is 0 Å². The molecule has 3 nitrogen and oxygen atoms in total. The van der Waals surface area contributed by atoms with Crippen LogP contribution in [-0.4, -0.2) is 18.0 Å². The van der Waals surface area contributed by atoms with Crippen molar-refractivity contribution in [3.05, 3.63) is 0 Å². The van der Waals surface area contributed by atoms with E-state index in [2.05, 4.69) is 26.1 Å². The number of amides is 1. The number of carbonyl (C=O) groups is 1. The van der Waals surface area contributed by atoms with E-state index in [1.807, 2.05) is 0 Å². The lowest BCUT2D eigenvalue weighted by Gasteiger charge is -2.43. The summed E-state index contributed by atoms with van der Waals surface area (Å²) in [6.07, 6.45) is 3.81. The molecule has 1 amide bonds. The number of rotatable bonds is 2. The number of hydrogen-bond donors (Lipinski definition) is 2. The molecule has 0 radical (unpaired) electrons. The lowest BCUT2D eigenvalue weighted by atomic mass is 9.68. The Morgan fingerprint density at radius 2 is 2.06 bits per heavy atom. The first-order valence-electron chi connectivity index (χ1n) is 6.33. The van der Waals surface area contributed by atoms with Crippen LogP contribution < -0.4 is 11.1 Å². The van der Waals surface area contributed by atoms with Gasteiger partial charge in [0.1, 0.15) is 0 Å². The third kappa shape index (κ3) is 1.56. The van der Waals surface area contributed by atoms with Gasteiger partial charge in [-0.1, -0.05) is 20.8 Å². The minimum absolute atomic E-state index is 0.00755. The second-order valence-electron chi connectivity index (χ2n) is 6.65. The SMILES string of the molecule is C[C@@H](N)C(=O)NC1C2(C)CCC(C2)C1(C)C. The molecule has 3 unspecified atom stereocenters. The molecule has 0 saturated heterocycles. The van der Waals surface area contributed by atoms with Crippen LogP contribution in [0.15, 0.2) is 0 Å². The maximum absolute atomic E-state index is 11.8. The van der Waals surface area contributed by atoms with Gasteiger partial charge in [0.15, 0.2) is 0 Å². The fourth-order valence-corrected chi connectivity index (χ4v) is 3.94. The summed E-state index contributed by atoms with van der Waals surface area (Å²) in [5.41, 5.74) is 6.14. The van der Waals surface area contributed by atoms with Crippen LogP contribution in [0.3, 0.4) is 0 Å². The molecule has 0 aromatic rings. The normalized spacial score (nSPS) is 42.1. The summed E-state index contributed by atoms with van der Waals surface area (Å²) in [6.45, 7) is 8.63. The molecule has 2 rings (SSSR count). The summed E-state index contributed by atoms with van der Waals surface area (Å²) in [7, 11) is 0. The van der Waals surface area contributed by atoms with E-state index in [9.17, 15) is 4.79 Å². The third-order valence-corrected chi connectivity index (χ3v) is 4.97. The summed E-state index contributed by atoms with van der Waals surface area (Å²) in [4.78, 5) is 11.8. The van der Waals surface area contributed by atoms with Crippen molar-refractivity contribution in [1.29, 1.82) is 0 Å². The summed E-state index contributed by atoms with van der Waals surface area (Å²) < 4.78 is 0. The van der Waals surface area contributed by atoms with E-state index in [4.69, 9.17) is 5.73 Å². The lowest BCUT2D eigenvalue weighted by molar-refractivity contribution is -0.124. The topological polar surface area (TPSA) is 55.1 Å². The first-order valence-corrected chi connectivity index (χ1v) is 6.33. The van der Waals surface area contributed by atoms with Crippen molar-refractivity contribution in [2.24, 2.45) is 22.5 Å². The van der Waals surface area contributed by atoms with Crippen LogP contribution in [0, 0.1) is 16.7 Å². The van der Waals surface area contributed by atoms with Gasteiger partial charge < -0.3 is 11.1 Å². The van der Waals surface area contributed by atoms with E-state index >= 15 is 0 Å². The van der Waals surface area contributed by atoms with Gasteiger partial charge in [0.25, 0.3) is 0 Å². The van der Waals surface area contributed by atoms with Gasteiger partial charge in [-0.15, -0.1) is 0 Å². The van der Waals surface area contributed by atoms with E-state index in [1.54, 1.807) is 6.92 Å².